The molecule has 6 nitrogen and oxygen atoms in total. The fraction of sp³-hybridized carbons (Fsp3) is 0.304. The van der Waals surface area contributed by atoms with Gasteiger partial charge in [0.15, 0.2) is 0 Å². The van der Waals surface area contributed by atoms with Gasteiger partial charge in [-0.15, -0.1) is 0 Å². The second-order valence-corrected chi connectivity index (χ2v) is 7.40. The lowest BCUT2D eigenvalue weighted by molar-refractivity contribution is -0.117. The first-order valence-corrected chi connectivity index (χ1v) is 9.62. The summed E-state index contributed by atoms with van der Waals surface area (Å²) in [4.78, 5) is 24.0. The summed E-state index contributed by atoms with van der Waals surface area (Å²) >= 11 is 0. The number of hydrogen-bond acceptors (Lipinski definition) is 4. The van der Waals surface area contributed by atoms with E-state index < -0.39 is 0 Å². The third kappa shape index (κ3) is 8.51. The van der Waals surface area contributed by atoms with Crippen molar-refractivity contribution in [2.24, 2.45) is 5.92 Å². The Balaban J connectivity index is 1.81. The molecule has 0 radical (unpaired) electrons. The molecule has 2 aromatic carbocycles. The Morgan fingerprint density at radius 1 is 0.966 bits per heavy atom. The number of anilines is 3. The van der Waals surface area contributed by atoms with E-state index >= 15 is 0 Å². The molecule has 6 heteroatoms. The van der Waals surface area contributed by atoms with Gasteiger partial charge in [0, 0.05) is 29.5 Å². The van der Waals surface area contributed by atoms with Crippen molar-refractivity contribution in [1.29, 1.82) is 0 Å². The molecule has 0 heterocycles. The van der Waals surface area contributed by atoms with Crippen LogP contribution in [0.5, 0.6) is 5.75 Å². The van der Waals surface area contributed by atoms with Gasteiger partial charge in [-0.25, -0.2) is 0 Å². The minimum Gasteiger partial charge on any atom is -0.489 e. The maximum Gasteiger partial charge on any atom is 0.243 e. The SMILES string of the molecule is C=C(C)COc1cccc(NCC(=O)Nc2ccc(NC(=O)CC(C)C)cc2)c1. The van der Waals surface area contributed by atoms with Gasteiger partial charge in [-0.2, -0.15) is 0 Å². The summed E-state index contributed by atoms with van der Waals surface area (Å²) in [5.74, 6) is 0.832. The van der Waals surface area contributed by atoms with Crippen LogP contribution in [0.4, 0.5) is 17.1 Å². The van der Waals surface area contributed by atoms with Gasteiger partial charge in [-0.05, 0) is 54.8 Å². The van der Waals surface area contributed by atoms with Crippen LogP contribution in [0.3, 0.4) is 0 Å². The number of nitrogens with one attached hydrogen (secondary N) is 3. The quantitative estimate of drug-likeness (QED) is 0.511. The van der Waals surface area contributed by atoms with Crippen LogP contribution < -0.4 is 20.7 Å². The Morgan fingerprint density at radius 2 is 1.59 bits per heavy atom. The predicted molar refractivity (Wildman–Crippen MR) is 118 cm³/mol. The molecule has 0 saturated carbocycles. The van der Waals surface area contributed by atoms with Crippen molar-refractivity contribution in [3.63, 3.8) is 0 Å². The summed E-state index contributed by atoms with van der Waals surface area (Å²) in [7, 11) is 0. The van der Waals surface area contributed by atoms with E-state index in [4.69, 9.17) is 4.74 Å². The van der Waals surface area contributed by atoms with Gasteiger partial charge >= 0.3 is 0 Å². The molecule has 2 aromatic rings. The second kappa shape index (κ2) is 10.9. The molecule has 29 heavy (non-hydrogen) atoms. The van der Waals surface area contributed by atoms with E-state index in [-0.39, 0.29) is 18.4 Å². The third-order valence-electron chi connectivity index (χ3n) is 3.82. The average Bonchev–Trinajstić information content (AvgIpc) is 2.66. The predicted octanol–water partition coefficient (Wildman–Crippen LogP) is 4.68. The van der Waals surface area contributed by atoms with Gasteiger partial charge in [0.25, 0.3) is 0 Å². The lowest BCUT2D eigenvalue weighted by Crippen LogP contribution is -2.21. The van der Waals surface area contributed by atoms with Crippen LogP contribution in [0.15, 0.2) is 60.7 Å². The molecule has 0 saturated heterocycles. The summed E-state index contributed by atoms with van der Waals surface area (Å²) in [5, 5.41) is 8.74. The first kappa shape index (κ1) is 22.0. The Morgan fingerprint density at radius 3 is 2.17 bits per heavy atom. The number of rotatable bonds is 10. The maximum absolute atomic E-state index is 12.2. The second-order valence-electron chi connectivity index (χ2n) is 7.40. The van der Waals surface area contributed by atoms with Crippen molar-refractivity contribution in [3.05, 3.63) is 60.7 Å². The Hall–Kier alpha value is -3.28. The minimum atomic E-state index is -0.171. The van der Waals surface area contributed by atoms with E-state index in [1.807, 2.05) is 45.0 Å². The average molecular weight is 396 g/mol. The molecule has 2 amide bonds. The van der Waals surface area contributed by atoms with Crippen LogP contribution >= 0.6 is 0 Å². The zero-order valence-electron chi connectivity index (χ0n) is 17.2. The standard InChI is InChI=1S/C23H29N3O3/c1-16(2)12-22(27)25-18-8-10-19(11-9-18)26-23(28)14-24-20-6-5-7-21(13-20)29-15-17(3)4/h5-11,13,16,24H,3,12,14-15H2,1-2,4H3,(H,25,27)(H,26,28). The Labute approximate surface area is 172 Å². The molecule has 154 valence electrons. The first-order valence-electron chi connectivity index (χ1n) is 9.62. The number of amides is 2. The van der Waals surface area contributed by atoms with Gasteiger partial charge in [0.2, 0.25) is 11.8 Å². The fourth-order valence-electron chi connectivity index (χ4n) is 2.51. The normalized spacial score (nSPS) is 10.3. The molecule has 0 unspecified atom stereocenters. The Bertz CT molecular complexity index is 845. The lowest BCUT2D eigenvalue weighted by Gasteiger charge is -2.11. The van der Waals surface area contributed by atoms with E-state index in [0.29, 0.717) is 36.1 Å². The van der Waals surface area contributed by atoms with Crippen molar-refractivity contribution in [3.8, 4) is 5.75 Å². The highest BCUT2D eigenvalue weighted by Gasteiger charge is 2.06. The number of carbonyl (C=O) groups excluding carboxylic acids is 2. The van der Waals surface area contributed by atoms with Crippen LogP contribution in [0.1, 0.15) is 27.2 Å². The van der Waals surface area contributed by atoms with Crippen LogP contribution in [0, 0.1) is 5.92 Å². The van der Waals surface area contributed by atoms with Crippen molar-refractivity contribution >= 4 is 28.9 Å². The monoisotopic (exact) mass is 395 g/mol. The van der Waals surface area contributed by atoms with E-state index in [1.54, 1.807) is 24.3 Å². The highest BCUT2D eigenvalue weighted by Crippen LogP contribution is 2.18. The minimum absolute atomic E-state index is 0.0181. The number of hydrogen-bond donors (Lipinski definition) is 3. The van der Waals surface area contributed by atoms with Gasteiger partial charge in [-0.3, -0.25) is 9.59 Å². The molecule has 3 N–H and O–H groups in total. The summed E-state index contributed by atoms with van der Waals surface area (Å²) in [5.41, 5.74) is 3.10. The summed E-state index contributed by atoms with van der Waals surface area (Å²) in [6, 6.07) is 14.5. The van der Waals surface area contributed by atoms with Crippen molar-refractivity contribution < 1.29 is 14.3 Å². The van der Waals surface area contributed by atoms with Crippen molar-refractivity contribution in [2.45, 2.75) is 27.2 Å². The fourth-order valence-corrected chi connectivity index (χ4v) is 2.51. The van der Waals surface area contributed by atoms with Gasteiger partial charge in [-0.1, -0.05) is 26.5 Å². The topological polar surface area (TPSA) is 79.5 Å². The zero-order valence-corrected chi connectivity index (χ0v) is 17.2. The van der Waals surface area contributed by atoms with Gasteiger partial charge in [0.05, 0.1) is 6.54 Å². The molecule has 0 aliphatic carbocycles. The van der Waals surface area contributed by atoms with E-state index in [2.05, 4.69) is 22.5 Å². The summed E-state index contributed by atoms with van der Waals surface area (Å²) < 4.78 is 5.60. The highest BCUT2D eigenvalue weighted by atomic mass is 16.5. The van der Waals surface area contributed by atoms with Crippen molar-refractivity contribution in [1.82, 2.24) is 0 Å². The van der Waals surface area contributed by atoms with Gasteiger partial charge in [0.1, 0.15) is 12.4 Å². The molecule has 0 bridgehead atoms. The molecule has 0 fully saturated rings. The van der Waals surface area contributed by atoms with Crippen molar-refractivity contribution in [2.75, 3.05) is 29.1 Å². The van der Waals surface area contributed by atoms with Crippen LogP contribution in [0.2, 0.25) is 0 Å². The van der Waals surface area contributed by atoms with E-state index in [0.717, 1.165) is 11.3 Å². The molecule has 0 aliphatic heterocycles. The molecular weight excluding hydrogens is 366 g/mol. The summed E-state index contributed by atoms with van der Waals surface area (Å²) in [6.45, 7) is 10.3. The molecule has 0 spiro atoms. The first-order chi connectivity index (χ1) is 13.8. The Kier molecular flexibility index (Phi) is 8.27. The van der Waals surface area contributed by atoms with Crippen LogP contribution in [-0.4, -0.2) is 25.0 Å². The molecule has 0 aromatic heterocycles. The lowest BCUT2D eigenvalue weighted by atomic mass is 10.1. The molecular formula is C23H29N3O3. The van der Waals surface area contributed by atoms with Gasteiger partial charge < -0.3 is 20.7 Å². The third-order valence-corrected chi connectivity index (χ3v) is 3.82. The maximum atomic E-state index is 12.2. The largest absolute Gasteiger partial charge is 0.489 e. The number of ether oxygens (including phenoxy) is 1. The highest BCUT2D eigenvalue weighted by molar-refractivity contribution is 5.94. The number of benzene rings is 2. The smallest absolute Gasteiger partial charge is 0.243 e. The zero-order chi connectivity index (χ0) is 21.2. The van der Waals surface area contributed by atoms with E-state index in [9.17, 15) is 9.59 Å². The molecule has 0 aliphatic rings. The molecule has 0 atom stereocenters. The van der Waals surface area contributed by atoms with E-state index in [1.165, 1.54) is 0 Å². The molecule has 2 rings (SSSR count). The van der Waals surface area contributed by atoms with Crippen LogP contribution in [-0.2, 0) is 9.59 Å². The summed E-state index contributed by atoms with van der Waals surface area (Å²) in [6.07, 6.45) is 0.476. The number of carbonyl (C=O) groups is 2. The van der Waals surface area contributed by atoms with Crippen LogP contribution in [0.25, 0.3) is 0 Å².